The van der Waals surface area contributed by atoms with Gasteiger partial charge in [-0.25, -0.2) is 9.97 Å². The molecule has 1 aliphatic rings. The first kappa shape index (κ1) is 18.4. The Morgan fingerprint density at radius 3 is 2.85 bits per heavy atom. The predicted octanol–water partition coefficient (Wildman–Crippen LogP) is 1.46. The molecular weight excluding hydrogens is 352 g/mol. The number of nitrogens with zero attached hydrogens (tertiary/aromatic N) is 4. The van der Waals surface area contributed by atoms with E-state index in [1.165, 1.54) is 17.5 Å². The van der Waals surface area contributed by atoms with E-state index in [4.69, 9.17) is 0 Å². The number of nitrogens with one attached hydrogen (secondary N) is 2. The molecule has 138 valence electrons. The number of amides is 2. The number of carbonyl (C=O) groups excluding carboxylic acids is 2. The summed E-state index contributed by atoms with van der Waals surface area (Å²) in [5.41, 5.74) is 1.11. The van der Waals surface area contributed by atoms with Crippen LogP contribution in [-0.4, -0.2) is 57.3 Å². The Hall–Kier alpha value is -2.39. The van der Waals surface area contributed by atoms with Crippen LogP contribution in [0, 0.1) is 6.92 Å². The van der Waals surface area contributed by atoms with Crippen molar-refractivity contribution < 1.29 is 9.59 Å². The molecule has 3 rings (SSSR count). The fraction of sp³-hybridized carbons (Fsp3) is 0.471. The van der Waals surface area contributed by atoms with Gasteiger partial charge in [-0.2, -0.15) is 0 Å². The van der Waals surface area contributed by atoms with E-state index in [1.807, 2.05) is 12.3 Å². The van der Waals surface area contributed by atoms with Crippen LogP contribution in [0.1, 0.15) is 35.4 Å². The van der Waals surface area contributed by atoms with E-state index < -0.39 is 0 Å². The first-order valence-corrected chi connectivity index (χ1v) is 9.49. The van der Waals surface area contributed by atoms with Gasteiger partial charge in [0, 0.05) is 30.4 Å². The molecule has 0 aromatic carbocycles. The van der Waals surface area contributed by atoms with Gasteiger partial charge in [-0.05, 0) is 32.7 Å². The second-order valence-corrected chi connectivity index (χ2v) is 7.20. The fourth-order valence-electron chi connectivity index (χ4n) is 2.87. The Balaban J connectivity index is 1.46. The summed E-state index contributed by atoms with van der Waals surface area (Å²) < 4.78 is 0. The maximum atomic E-state index is 12.3. The highest BCUT2D eigenvalue weighted by Gasteiger charge is 2.21. The molecule has 0 bridgehead atoms. The lowest BCUT2D eigenvalue weighted by Crippen LogP contribution is -2.37. The highest BCUT2D eigenvalue weighted by atomic mass is 32.1. The van der Waals surface area contributed by atoms with Gasteiger partial charge in [0.1, 0.15) is 5.69 Å². The molecule has 1 atom stereocenters. The van der Waals surface area contributed by atoms with Gasteiger partial charge in [-0.1, -0.05) is 0 Å². The number of hydrogen-bond donors (Lipinski definition) is 2. The van der Waals surface area contributed by atoms with Crippen LogP contribution in [0.25, 0.3) is 0 Å². The first-order chi connectivity index (χ1) is 12.6. The van der Waals surface area contributed by atoms with Crippen LogP contribution in [-0.2, 0) is 4.79 Å². The Morgan fingerprint density at radius 1 is 1.23 bits per heavy atom. The van der Waals surface area contributed by atoms with Crippen molar-refractivity contribution >= 4 is 28.3 Å². The zero-order chi connectivity index (χ0) is 18.4. The van der Waals surface area contributed by atoms with Gasteiger partial charge in [0.05, 0.1) is 18.4 Å². The third-order valence-corrected chi connectivity index (χ3v) is 4.90. The van der Waals surface area contributed by atoms with Crippen LogP contribution >= 0.6 is 11.3 Å². The quantitative estimate of drug-likeness (QED) is 0.822. The molecule has 0 spiro atoms. The summed E-state index contributed by atoms with van der Waals surface area (Å²) in [4.78, 5) is 38.8. The summed E-state index contributed by atoms with van der Waals surface area (Å²) in [7, 11) is 0. The number of likely N-dealkylation sites (tertiary alicyclic amines) is 1. The Morgan fingerprint density at radius 2 is 2.12 bits per heavy atom. The standard InChI is InChI=1S/C17H22N6O2S/c1-12-9-20-14(10-19-12)16(25)21-13-3-2-6-23(7-4-13)11-15(24)22-17-18-5-8-26-17/h5,8-10,13H,2-4,6-7,11H2,1H3,(H,21,25)(H,18,22,24). The summed E-state index contributed by atoms with van der Waals surface area (Å²) in [6.45, 7) is 3.76. The van der Waals surface area contributed by atoms with E-state index in [-0.39, 0.29) is 17.9 Å². The van der Waals surface area contributed by atoms with Crippen LogP contribution < -0.4 is 10.6 Å². The van der Waals surface area contributed by atoms with Gasteiger partial charge in [0.25, 0.3) is 5.91 Å². The molecule has 0 saturated carbocycles. The van der Waals surface area contributed by atoms with Crippen molar-refractivity contribution in [2.24, 2.45) is 0 Å². The fourth-order valence-corrected chi connectivity index (χ4v) is 3.42. The highest BCUT2D eigenvalue weighted by Crippen LogP contribution is 2.13. The molecular formula is C17H22N6O2S. The van der Waals surface area contributed by atoms with Gasteiger partial charge >= 0.3 is 0 Å². The predicted molar refractivity (Wildman–Crippen MR) is 99.1 cm³/mol. The van der Waals surface area contributed by atoms with Gasteiger partial charge in [0.15, 0.2) is 5.13 Å². The summed E-state index contributed by atoms with van der Waals surface area (Å²) in [5.74, 6) is -0.255. The van der Waals surface area contributed by atoms with Gasteiger partial charge in [-0.15, -0.1) is 11.3 Å². The van der Waals surface area contributed by atoms with Crippen LogP contribution in [0.5, 0.6) is 0 Å². The van der Waals surface area contributed by atoms with Crippen molar-refractivity contribution in [2.45, 2.75) is 32.2 Å². The monoisotopic (exact) mass is 374 g/mol. The largest absolute Gasteiger partial charge is 0.348 e. The smallest absolute Gasteiger partial charge is 0.271 e. The number of thiazole rings is 1. The van der Waals surface area contributed by atoms with Gasteiger partial charge in [0.2, 0.25) is 5.91 Å². The minimum atomic E-state index is -0.197. The maximum absolute atomic E-state index is 12.3. The van der Waals surface area contributed by atoms with Gasteiger partial charge in [-0.3, -0.25) is 19.5 Å². The zero-order valence-electron chi connectivity index (χ0n) is 14.6. The minimum Gasteiger partial charge on any atom is -0.348 e. The molecule has 1 saturated heterocycles. The van der Waals surface area contributed by atoms with Crippen molar-refractivity contribution in [2.75, 3.05) is 25.0 Å². The summed E-state index contributed by atoms with van der Waals surface area (Å²) in [6.07, 6.45) is 7.36. The lowest BCUT2D eigenvalue weighted by molar-refractivity contribution is -0.117. The van der Waals surface area contributed by atoms with E-state index >= 15 is 0 Å². The number of carbonyl (C=O) groups is 2. The molecule has 2 aromatic rings. The van der Waals surface area contributed by atoms with E-state index in [2.05, 4.69) is 30.5 Å². The SMILES string of the molecule is Cc1cnc(C(=O)NC2CCCN(CC(=O)Nc3nccs3)CC2)cn1. The third kappa shape index (κ3) is 5.30. The summed E-state index contributed by atoms with van der Waals surface area (Å²) >= 11 is 1.40. The average molecular weight is 374 g/mol. The Bertz CT molecular complexity index is 734. The number of hydrogen-bond acceptors (Lipinski definition) is 7. The van der Waals surface area contributed by atoms with Crippen molar-refractivity contribution in [1.29, 1.82) is 0 Å². The number of rotatable bonds is 5. The molecule has 1 aliphatic heterocycles. The topological polar surface area (TPSA) is 100 Å². The number of anilines is 1. The molecule has 26 heavy (non-hydrogen) atoms. The highest BCUT2D eigenvalue weighted by molar-refractivity contribution is 7.13. The second kappa shape index (κ2) is 8.81. The van der Waals surface area contributed by atoms with E-state index in [0.717, 1.165) is 38.0 Å². The second-order valence-electron chi connectivity index (χ2n) is 6.31. The third-order valence-electron chi connectivity index (χ3n) is 4.22. The van der Waals surface area contributed by atoms with Gasteiger partial charge < -0.3 is 10.6 Å². The molecule has 2 amide bonds. The van der Waals surface area contributed by atoms with Crippen LogP contribution in [0.4, 0.5) is 5.13 Å². The summed E-state index contributed by atoms with van der Waals surface area (Å²) in [5, 5.41) is 8.28. The molecule has 0 radical (unpaired) electrons. The molecule has 9 heteroatoms. The molecule has 3 heterocycles. The number of aromatic nitrogens is 3. The number of aryl methyl sites for hydroxylation is 1. The Kier molecular flexibility index (Phi) is 6.24. The zero-order valence-corrected chi connectivity index (χ0v) is 15.5. The van der Waals surface area contributed by atoms with E-state index in [0.29, 0.717) is 17.4 Å². The first-order valence-electron chi connectivity index (χ1n) is 8.61. The molecule has 2 aromatic heterocycles. The molecule has 0 aliphatic carbocycles. The van der Waals surface area contributed by atoms with Crippen LogP contribution in [0.2, 0.25) is 0 Å². The Labute approximate surface area is 156 Å². The van der Waals surface area contributed by atoms with Crippen LogP contribution in [0.3, 0.4) is 0 Å². The van der Waals surface area contributed by atoms with Crippen molar-refractivity contribution in [3.05, 3.63) is 35.4 Å². The molecule has 1 fully saturated rings. The van der Waals surface area contributed by atoms with Crippen molar-refractivity contribution in [1.82, 2.24) is 25.2 Å². The normalized spacial score (nSPS) is 18.1. The molecule has 8 nitrogen and oxygen atoms in total. The minimum absolute atomic E-state index is 0.0580. The lowest BCUT2D eigenvalue weighted by atomic mass is 10.1. The maximum Gasteiger partial charge on any atom is 0.271 e. The molecule has 2 N–H and O–H groups in total. The van der Waals surface area contributed by atoms with E-state index in [9.17, 15) is 9.59 Å². The van der Waals surface area contributed by atoms with Crippen molar-refractivity contribution in [3.8, 4) is 0 Å². The van der Waals surface area contributed by atoms with Crippen molar-refractivity contribution in [3.63, 3.8) is 0 Å². The molecule has 1 unspecified atom stereocenters. The van der Waals surface area contributed by atoms with E-state index in [1.54, 1.807) is 12.4 Å². The van der Waals surface area contributed by atoms with Crippen LogP contribution in [0.15, 0.2) is 24.0 Å². The lowest BCUT2D eigenvalue weighted by Gasteiger charge is -2.19. The average Bonchev–Trinajstić information content (AvgIpc) is 3.03. The summed E-state index contributed by atoms with van der Waals surface area (Å²) in [6, 6.07) is 0.0811.